The molecule has 41 valence electrons. The van der Waals surface area contributed by atoms with E-state index in [4.69, 9.17) is 0 Å². The lowest BCUT2D eigenvalue weighted by Gasteiger charge is -2.14. The Morgan fingerprint density at radius 2 is 2.43 bits per heavy atom. The fourth-order valence-electron chi connectivity index (χ4n) is 0.747. The Kier molecular flexibility index (Phi) is 2.13. The molecule has 0 aromatic carbocycles. The van der Waals surface area contributed by atoms with Gasteiger partial charge in [-0.3, -0.25) is 0 Å². The lowest BCUT2D eigenvalue weighted by molar-refractivity contribution is 0.527. The van der Waals surface area contributed by atoms with Crippen molar-refractivity contribution in [3.63, 3.8) is 0 Å². The maximum absolute atomic E-state index is 4.21. The van der Waals surface area contributed by atoms with Crippen molar-refractivity contribution in [1.82, 2.24) is 5.32 Å². The van der Waals surface area contributed by atoms with Crippen LogP contribution in [0, 0.1) is 0 Å². The Morgan fingerprint density at radius 3 is 2.71 bits per heavy atom. The van der Waals surface area contributed by atoms with Crippen LogP contribution in [-0.4, -0.2) is 17.9 Å². The zero-order chi connectivity index (χ0) is 5.11. The minimum Gasteiger partial charge on any atom is -0.241 e. The topological polar surface area (TPSA) is 14.1 Å². The highest BCUT2D eigenvalue weighted by atomic mass is 79.9. The van der Waals surface area contributed by atoms with E-state index in [-0.39, 0.29) is 0 Å². The molecule has 1 aliphatic heterocycles. The van der Waals surface area contributed by atoms with Gasteiger partial charge >= 0.3 is 0 Å². The fourth-order valence-corrected chi connectivity index (χ4v) is 1.28. The Balaban J connectivity index is 2.12. The Bertz CT molecular complexity index is 50.0. The van der Waals surface area contributed by atoms with Crippen molar-refractivity contribution in [1.29, 1.82) is 0 Å². The van der Waals surface area contributed by atoms with Crippen molar-refractivity contribution in [2.45, 2.75) is 17.7 Å². The number of halogens is 1. The largest absolute Gasteiger partial charge is 0.241 e. The third-order valence-electron chi connectivity index (χ3n) is 1.16. The van der Waals surface area contributed by atoms with Gasteiger partial charge in [-0.15, -0.1) is 0 Å². The van der Waals surface area contributed by atoms with Crippen molar-refractivity contribution in [3.05, 3.63) is 0 Å². The van der Waals surface area contributed by atoms with Crippen molar-refractivity contribution in [3.8, 4) is 0 Å². The first-order valence-corrected chi connectivity index (χ1v) is 3.58. The molecule has 0 amide bonds. The highest BCUT2D eigenvalue weighted by Gasteiger charge is 2.07. The quantitative estimate of drug-likeness (QED) is 0.475. The second kappa shape index (κ2) is 2.68. The van der Waals surface area contributed by atoms with Crippen LogP contribution < -0.4 is 5.32 Å². The van der Waals surface area contributed by atoms with Crippen LogP contribution in [0.15, 0.2) is 0 Å². The summed E-state index contributed by atoms with van der Waals surface area (Å²) in [6.07, 6.45) is 2.58. The number of piperidine rings is 1. The summed E-state index contributed by atoms with van der Waals surface area (Å²) < 4.78 is 0. The Labute approximate surface area is 52.6 Å². The molecular formula is C5H9BrN. The van der Waals surface area contributed by atoms with Crippen LogP contribution in [0.1, 0.15) is 12.8 Å². The first-order chi connectivity index (χ1) is 3.39. The van der Waals surface area contributed by atoms with Gasteiger partial charge in [0, 0.05) is 17.9 Å². The van der Waals surface area contributed by atoms with Gasteiger partial charge in [-0.2, -0.15) is 0 Å². The zero-order valence-corrected chi connectivity index (χ0v) is 5.82. The molecule has 1 radical (unpaired) electrons. The van der Waals surface area contributed by atoms with Gasteiger partial charge in [0.05, 0.1) is 0 Å². The highest BCUT2D eigenvalue weighted by molar-refractivity contribution is 9.09. The van der Waals surface area contributed by atoms with Gasteiger partial charge in [-0.05, 0) is 12.8 Å². The minimum atomic E-state index is 0.682. The van der Waals surface area contributed by atoms with Crippen LogP contribution in [0.25, 0.3) is 0 Å². The van der Waals surface area contributed by atoms with Crippen LogP contribution in [0.4, 0.5) is 0 Å². The van der Waals surface area contributed by atoms with Crippen molar-refractivity contribution in [2.75, 3.05) is 13.1 Å². The van der Waals surface area contributed by atoms with Crippen molar-refractivity contribution < 1.29 is 0 Å². The van der Waals surface area contributed by atoms with Gasteiger partial charge in [-0.25, -0.2) is 5.32 Å². The molecule has 0 bridgehead atoms. The molecule has 1 rings (SSSR count). The lowest BCUT2D eigenvalue weighted by atomic mass is 10.2. The average molecular weight is 163 g/mol. The molecule has 1 atom stereocenters. The van der Waals surface area contributed by atoms with Crippen molar-refractivity contribution in [2.24, 2.45) is 0 Å². The summed E-state index contributed by atoms with van der Waals surface area (Å²) in [6.45, 7) is 2.11. The standard InChI is InChI=1S/C5H9BrN/c6-5-2-1-3-7-4-5/h5H,1-4H2. The Morgan fingerprint density at radius 1 is 1.57 bits per heavy atom. The number of hydrogen-bond acceptors (Lipinski definition) is 0. The van der Waals surface area contributed by atoms with E-state index in [0.717, 1.165) is 13.1 Å². The average Bonchev–Trinajstić information content (AvgIpc) is 1.69. The molecule has 0 N–H and O–H groups in total. The van der Waals surface area contributed by atoms with Crippen LogP contribution in [0.2, 0.25) is 0 Å². The van der Waals surface area contributed by atoms with Gasteiger partial charge in [0.2, 0.25) is 0 Å². The molecule has 2 heteroatoms. The van der Waals surface area contributed by atoms with Crippen LogP contribution in [-0.2, 0) is 0 Å². The van der Waals surface area contributed by atoms with Gasteiger partial charge < -0.3 is 0 Å². The van der Waals surface area contributed by atoms with E-state index in [2.05, 4.69) is 21.2 Å². The SMILES string of the molecule is BrC1CCC[N]C1. The van der Waals surface area contributed by atoms with E-state index in [1.807, 2.05) is 0 Å². The van der Waals surface area contributed by atoms with E-state index in [0.29, 0.717) is 4.83 Å². The van der Waals surface area contributed by atoms with E-state index in [1.54, 1.807) is 0 Å². The van der Waals surface area contributed by atoms with E-state index < -0.39 is 0 Å². The maximum atomic E-state index is 4.21. The summed E-state index contributed by atoms with van der Waals surface area (Å²) in [5.74, 6) is 0. The second-order valence-corrected chi connectivity index (χ2v) is 3.16. The predicted molar refractivity (Wildman–Crippen MR) is 33.8 cm³/mol. The minimum absolute atomic E-state index is 0.682. The zero-order valence-electron chi connectivity index (χ0n) is 4.23. The number of nitrogens with zero attached hydrogens (tertiary/aromatic N) is 1. The molecular weight excluding hydrogens is 154 g/mol. The maximum Gasteiger partial charge on any atom is 0.0287 e. The first kappa shape index (κ1) is 5.57. The van der Waals surface area contributed by atoms with E-state index in [1.165, 1.54) is 12.8 Å². The van der Waals surface area contributed by atoms with Crippen LogP contribution >= 0.6 is 15.9 Å². The summed E-state index contributed by atoms with van der Waals surface area (Å²) in [5, 5.41) is 4.21. The molecule has 0 aromatic rings. The summed E-state index contributed by atoms with van der Waals surface area (Å²) in [4.78, 5) is 0.682. The van der Waals surface area contributed by atoms with Gasteiger partial charge in [0.25, 0.3) is 0 Å². The molecule has 1 saturated heterocycles. The summed E-state index contributed by atoms with van der Waals surface area (Å²) >= 11 is 3.49. The molecule has 1 aliphatic rings. The summed E-state index contributed by atoms with van der Waals surface area (Å²) in [7, 11) is 0. The number of rotatable bonds is 0. The van der Waals surface area contributed by atoms with Crippen LogP contribution in [0.5, 0.6) is 0 Å². The molecule has 0 aliphatic carbocycles. The number of alkyl halides is 1. The van der Waals surface area contributed by atoms with Gasteiger partial charge in [0.15, 0.2) is 0 Å². The lowest BCUT2D eigenvalue weighted by Crippen LogP contribution is -2.23. The summed E-state index contributed by atoms with van der Waals surface area (Å²) in [5.41, 5.74) is 0. The third kappa shape index (κ3) is 1.78. The molecule has 0 saturated carbocycles. The van der Waals surface area contributed by atoms with E-state index >= 15 is 0 Å². The third-order valence-corrected chi connectivity index (χ3v) is 1.91. The molecule has 0 aromatic heterocycles. The summed E-state index contributed by atoms with van der Waals surface area (Å²) in [6, 6.07) is 0. The molecule has 7 heavy (non-hydrogen) atoms. The van der Waals surface area contributed by atoms with Crippen molar-refractivity contribution >= 4 is 15.9 Å². The fraction of sp³-hybridized carbons (Fsp3) is 1.00. The Hall–Kier alpha value is 0.440. The second-order valence-electron chi connectivity index (χ2n) is 1.87. The number of hydrogen-bond donors (Lipinski definition) is 0. The molecule has 1 unspecified atom stereocenters. The van der Waals surface area contributed by atoms with Gasteiger partial charge in [-0.1, -0.05) is 15.9 Å². The normalized spacial score (nSPS) is 33.0. The monoisotopic (exact) mass is 162 g/mol. The molecule has 1 heterocycles. The first-order valence-electron chi connectivity index (χ1n) is 2.67. The highest BCUT2D eigenvalue weighted by Crippen LogP contribution is 2.10. The molecule has 1 fully saturated rings. The molecule has 1 nitrogen and oxygen atoms in total. The smallest absolute Gasteiger partial charge is 0.0287 e. The van der Waals surface area contributed by atoms with E-state index in [9.17, 15) is 0 Å². The van der Waals surface area contributed by atoms with Gasteiger partial charge in [0.1, 0.15) is 0 Å². The molecule has 0 spiro atoms. The predicted octanol–water partition coefficient (Wildman–Crippen LogP) is 1.15. The van der Waals surface area contributed by atoms with Crippen LogP contribution in [0.3, 0.4) is 0 Å².